The van der Waals surface area contributed by atoms with Crippen molar-refractivity contribution in [1.29, 1.82) is 10.5 Å². The van der Waals surface area contributed by atoms with Crippen molar-refractivity contribution in [3.05, 3.63) is 65.5 Å². The van der Waals surface area contributed by atoms with E-state index >= 15 is 0 Å². The summed E-state index contributed by atoms with van der Waals surface area (Å²) in [6.45, 7) is 0.714. The van der Waals surface area contributed by atoms with Crippen molar-refractivity contribution in [2.75, 3.05) is 6.54 Å². The molecule has 0 aliphatic heterocycles. The summed E-state index contributed by atoms with van der Waals surface area (Å²) in [7, 11) is 0. The fraction of sp³-hybridized carbons (Fsp3) is 0.176. The summed E-state index contributed by atoms with van der Waals surface area (Å²) in [6.07, 6.45) is 3.61. The zero-order chi connectivity index (χ0) is 15.8. The Bertz CT molecular complexity index is 728. The van der Waals surface area contributed by atoms with Crippen LogP contribution in [0.2, 0.25) is 0 Å². The van der Waals surface area contributed by atoms with E-state index in [1.165, 1.54) is 0 Å². The van der Waals surface area contributed by atoms with E-state index in [9.17, 15) is 4.79 Å². The van der Waals surface area contributed by atoms with Crippen LogP contribution >= 0.6 is 0 Å². The first-order chi connectivity index (χ1) is 10.7. The molecule has 2 rings (SSSR count). The number of nitrogens with zero attached hydrogens (tertiary/aromatic N) is 4. The normalized spacial score (nSPS) is 9.55. The molecule has 1 heterocycles. The number of hydrogen-bond donors (Lipinski definition) is 0. The highest BCUT2D eigenvalue weighted by Gasteiger charge is 2.16. The molecule has 0 saturated heterocycles. The number of benzene rings is 1. The van der Waals surface area contributed by atoms with Crippen molar-refractivity contribution in [1.82, 2.24) is 9.88 Å². The first-order valence-corrected chi connectivity index (χ1v) is 6.80. The van der Waals surface area contributed by atoms with Gasteiger partial charge in [0.25, 0.3) is 5.91 Å². The van der Waals surface area contributed by atoms with Crippen LogP contribution in [0.4, 0.5) is 0 Å². The summed E-state index contributed by atoms with van der Waals surface area (Å²) in [6, 6.07) is 14.3. The van der Waals surface area contributed by atoms with Crippen LogP contribution in [0, 0.1) is 22.7 Å². The number of amides is 1. The van der Waals surface area contributed by atoms with Crippen molar-refractivity contribution < 1.29 is 4.79 Å². The molecule has 2 aromatic rings. The van der Waals surface area contributed by atoms with E-state index in [4.69, 9.17) is 10.5 Å². The van der Waals surface area contributed by atoms with Crippen LogP contribution in [0.1, 0.15) is 27.9 Å². The van der Waals surface area contributed by atoms with Gasteiger partial charge in [-0.2, -0.15) is 10.5 Å². The maximum Gasteiger partial charge on any atom is 0.254 e. The Morgan fingerprint density at radius 2 is 2.09 bits per heavy atom. The van der Waals surface area contributed by atoms with Gasteiger partial charge in [-0.05, 0) is 29.8 Å². The highest BCUT2D eigenvalue weighted by atomic mass is 16.2. The lowest BCUT2D eigenvalue weighted by Crippen LogP contribution is -2.31. The molecule has 0 N–H and O–H groups in total. The number of pyridine rings is 1. The summed E-state index contributed by atoms with van der Waals surface area (Å²) in [5.74, 6) is -0.198. The van der Waals surface area contributed by atoms with Gasteiger partial charge in [-0.25, -0.2) is 0 Å². The van der Waals surface area contributed by atoms with Gasteiger partial charge < -0.3 is 4.90 Å². The van der Waals surface area contributed by atoms with Gasteiger partial charge in [0.2, 0.25) is 0 Å². The molecule has 0 aliphatic carbocycles. The molecule has 22 heavy (non-hydrogen) atoms. The second-order valence-corrected chi connectivity index (χ2v) is 4.69. The number of carbonyl (C=O) groups excluding carboxylic acids is 1. The summed E-state index contributed by atoms with van der Waals surface area (Å²) >= 11 is 0. The van der Waals surface area contributed by atoms with E-state index in [-0.39, 0.29) is 12.3 Å². The molecule has 0 atom stereocenters. The molecule has 0 aliphatic rings. The van der Waals surface area contributed by atoms with Crippen LogP contribution in [0.5, 0.6) is 0 Å². The van der Waals surface area contributed by atoms with Crippen LogP contribution in [-0.2, 0) is 6.54 Å². The van der Waals surface area contributed by atoms with Gasteiger partial charge in [-0.1, -0.05) is 12.1 Å². The maximum atomic E-state index is 12.6. The van der Waals surface area contributed by atoms with Crippen LogP contribution in [0.15, 0.2) is 48.8 Å². The van der Waals surface area contributed by atoms with Crippen molar-refractivity contribution in [3.8, 4) is 12.1 Å². The third-order valence-corrected chi connectivity index (χ3v) is 3.12. The second-order valence-electron chi connectivity index (χ2n) is 4.69. The highest BCUT2D eigenvalue weighted by molar-refractivity contribution is 5.94. The predicted molar refractivity (Wildman–Crippen MR) is 80.4 cm³/mol. The van der Waals surface area contributed by atoms with E-state index in [0.717, 1.165) is 5.56 Å². The molecular weight excluding hydrogens is 276 g/mol. The number of aromatic nitrogens is 1. The molecule has 0 spiro atoms. The Kier molecular flexibility index (Phi) is 5.23. The quantitative estimate of drug-likeness (QED) is 0.847. The van der Waals surface area contributed by atoms with Gasteiger partial charge >= 0.3 is 0 Å². The third-order valence-electron chi connectivity index (χ3n) is 3.12. The minimum atomic E-state index is -0.198. The fourth-order valence-electron chi connectivity index (χ4n) is 2.05. The van der Waals surface area contributed by atoms with Gasteiger partial charge in [0.1, 0.15) is 0 Å². The first kappa shape index (κ1) is 15.2. The molecule has 1 amide bonds. The summed E-state index contributed by atoms with van der Waals surface area (Å²) in [4.78, 5) is 18.2. The zero-order valence-corrected chi connectivity index (χ0v) is 11.9. The van der Waals surface area contributed by atoms with Crippen molar-refractivity contribution in [2.45, 2.75) is 13.0 Å². The van der Waals surface area contributed by atoms with Gasteiger partial charge in [0.15, 0.2) is 0 Å². The minimum absolute atomic E-state index is 0.198. The second kappa shape index (κ2) is 7.56. The largest absolute Gasteiger partial charge is 0.333 e. The van der Waals surface area contributed by atoms with Crippen molar-refractivity contribution in [3.63, 3.8) is 0 Å². The average molecular weight is 290 g/mol. The molecule has 5 nitrogen and oxygen atoms in total. The van der Waals surface area contributed by atoms with Gasteiger partial charge in [0, 0.05) is 31.0 Å². The first-order valence-electron chi connectivity index (χ1n) is 6.80. The number of hydrogen-bond acceptors (Lipinski definition) is 4. The molecule has 0 saturated carbocycles. The lowest BCUT2D eigenvalue weighted by atomic mass is 10.1. The van der Waals surface area contributed by atoms with Crippen molar-refractivity contribution in [2.24, 2.45) is 0 Å². The average Bonchev–Trinajstić information content (AvgIpc) is 2.59. The molecule has 0 bridgehead atoms. The van der Waals surface area contributed by atoms with Gasteiger partial charge in [0.05, 0.1) is 24.1 Å². The number of nitriles is 2. The monoisotopic (exact) mass is 290 g/mol. The molecular formula is C17H14N4O. The Morgan fingerprint density at radius 3 is 2.77 bits per heavy atom. The lowest BCUT2D eigenvalue weighted by Gasteiger charge is -2.21. The lowest BCUT2D eigenvalue weighted by molar-refractivity contribution is 0.0746. The fourth-order valence-corrected chi connectivity index (χ4v) is 2.05. The zero-order valence-electron chi connectivity index (χ0n) is 11.9. The van der Waals surface area contributed by atoms with Crippen LogP contribution in [-0.4, -0.2) is 22.3 Å². The predicted octanol–water partition coefficient (Wildman–Crippen LogP) is 2.51. The van der Waals surface area contributed by atoms with E-state index in [0.29, 0.717) is 24.2 Å². The van der Waals surface area contributed by atoms with Crippen LogP contribution < -0.4 is 0 Å². The van der Waals surface area contributed by atoms with Crippen LogP contribution in [0.3, 0.4) is 0 Å². The molecule has 1 aromatic carbocycles. The maximum absolute atomic E-state index is 12.6. The number of rotatable bonds is 5. The minimum Gasteiger partial charge on any atom is -0.333 e. The van der Waals surface area contributed by atoms with Gasteiger partial charge in [-0.3, -0.25) is 9.78 Å². The van der Waals surface area contributed by atoms with E-state index in [1.54, 1.807) is 47.6 Å². The molecule has 0 fully saturated rings. The molecule has 108 valence electrons. The summed E-state index contributed by atoms with van der Waals surface area (Å²) in [5.41, 5.74) is 1.78. The Balaban J connectivity index is 2.22. The van der Waals surface area contributed by atoms with E-state index in [1.807, 2.05) is 12.1 Å². The topological polar surface area (TPSA) is 80.8 Å². The Morgan fingerprint density at radius 1 is 1.23 bits per heavy atom. The smallest absolute Gasteiger partial charge is 0.254 e. The number of carbonyl (C=O) groups is 1. The Hall–Kier alpha value is -3.18. The third kappa shape index (κ3) is 3.91. The molecule has 1 aromatic heterocycles. The highest BCUT2D eigenvalue weighted by Crippen LogP contribution is 2.12. The van der Waals surface area contributed by atoms with E-state index < -0.39 is 0 Å². The molecule has 0 radical (unpaired) electrons. The molecule has 5 heteroatoms. The van der Waals surface area contributed by atoms with Crippen molar-refractivity contribution >= 4 is 5.91 Å². The molecule has 0 unspecified atom stereocenters. The summed E-state index contributed by atoms with van der Waals surface area (Å²) < 4.78 is 0. The Labute approximate surface area is 129 Å². The standard InChI is InChI=1S/C17H14N4O/c18-7-3-9-21(13-15-5-2-8-20-12-15)17(22)16-6-1-4-14(10-16)11-19/h1-2,4-6,8,10,12H,3,9,13H2. The van der Waals surface area contributed by atoms with Crippen LogP contribution in [0.25, 0.3) is 0 Å². The summed E-state index contributed by atoms with van der Waals surface area (Å²) in [5, 5.41) is 17.7. The SMILES string of the molecule is N#CCCN(Cc1cccnc1)C(=O)c1cccc(C#N)c1. The van der Waals surface area contributed by atoms with Gasteiger partial charge in [-0.15, -0.1) is 0 Å². The van der Waals surface area contributed by atoms with E-state index in [2.05, 4.69) is 11.1 Å².